The Morgan fingerprint density at radius 3 is 1.93 bits per heavy atom. The second-order valence-electron chi connectivity index (χ2n) is 11.4. The van der Waals surface area contributed by atoms with Crippen molar-refractivity contribution < 1.29 is 4.74 Å². The Labute approximate surface area is 266 Å². The van der Waals surface area contributed by atoms with Crippen LogP contribution in [0, 0.1) is 0 Å². The Balaban J connectivity index is 1.15. The molecule has 1 aliphatic rings. The van der Waals surface area contributed by atoms with E-state index in [2.05, 4.69) is 147 Å². The summed E-state index contributed by atoms with van der Waals surface area (Å²) in [6.45, 7) is 0.738. The molecule has 0 saturated carbocycles. The molecule has 1 aliphatic heterocycles. The third kappa shape index (κ3) is 4.31. The zero-order valence-electron chi connectivity index (χ0n) is 24.9. The summed E-state index contributed by atoms with van der Waals surface area (Å²) in [5.41, 5.74) is 7.81. The summed E-state index contributed by atoms with van der Waals surface area (Å²) in [4.78, 5) is 9.25. The minimum Gasteiger partial charge on any atom is -0.457 e. The van der Waals surface area contributed by atoms with Gasteiger partial charge >= 0.3 is 0 Å². The average molecular weight is 596 g/mol. The molecule has 0 N–H and O–H groups in total. The summed E-state index contributed by atoms with van der Waals surface area (Å²) >= 11 is 0. The smallest absolute Gasteiger partial charge is 0.137 e. The summed E-state index contributed by atoms with van der Waals surface area (Å²) in [6.07, 6.45) is 6.06. The van der Waals surface area contributed by atoms with Gasteiger partial charge in [0.2, 0.25) is 0 Å². The lowest BCUT2D eigenvalue weighted by Gasteiger charge is -2.22. The van der Waals surface area contributed by atoms with E-state index in [0.717, 1.165) is 62.8 Å². The number of hydrogen-bond acceptors (Lipinski definition) is 4. The largest absolute Gasteiger partial charge is 0.457 e. The van der Waals surface area contributed by atoms with Gasteiger partial charge in [0, 0.05) is 58.6 Å². The van der Waals surface area contributed by atoms with E-state index in [1.54, 1.807) is 0 Å². The number of fused-ring (bicyclic) bond motifs is 5. The van der Waals surface area contributed by atoms with Crippen molar-refractivity contribution >= 4 is 44.2 Å². The van der Waals surface area contributed by atoms with E-state index in [9.17, 15) is 0 Å². The SMILES string of the molecule is C1=CN(c2cccc(Oc3ccc4c(c3)n(-c3ccccn3)c3c5ccccc5n(-c5ccccc5)c43)c2)CN1c1ccccc1. The molecule has 0 fully saturated rings. The van der Waals surface area contributed by atoms with Crippen molar-refractivity contribution in [2.75, 3.05) is 16.5 Å². The van der Waals surface area contributed by atoms with Gasteiger partial charge in [0.15, 0.2) is 0 Å². The van der Waals surface area contributed by atoms with Gasteiger partial charge in [-0.2, -0.15) is 0 Å². The fourth-order valence-corrected chi connectivity index (χ4v) is 6.58. The Hall–Kier alpha value is -6.27. The lowest BCUT2D eigenvalue weighted by atomic mass is 10.2. The van der Waals surface area contributed by atoms with E-state index in [1.807, 2.05) is 36.5 Å². The summed E-state index contributed by atoms with van der Waals surface area (Å²) in [7, 11) is 0. The summed E-state index contributed by atoms with van der Waals surface area (Å²) in [5.74, 6) is 2.41. The van der Waals surface area contributed by atoms with E-state index in [0.29, 0.717) is 0 Å². The number of anilines is 2. The van der Waals surface area contributed by atoms with Crippen molar-refractivity contribution in [3.63, 3.8) is 0 Å². The molecular weight excluding hydrogens is 566 g/mol. The zero-order chi connectivity index (χ0) is 30.5. The van der Waals surface area contributed by atoms with Gasteiger partial charge in [0.1, 0.15) is 17.3 Å². The van der Waals surface area contributed by atoms with Crippen LogP contribution >= 0.6 is 0 Å². The second-order valence-corrected chi connectivity index (χ2v) is 11.4. The molecule has 0 aliphatic carbocycles. The van der Waals surface area contributed by atoms with Gasteiger partial charge in [0.25, 0.3) is 0 Å². The topological polar surface area (TPSA) is 38.5 Å². The van der Waals surface area contributed by atoms with Crippen molar-refractivity contribution in [3.05, 3.63) is 164 Å². The molecule has 9 rings (SSSR count). The molecule has 6 heteroatoms. The first-order valence-corrected chi connectivity index (χ1v) is 15.4. The lowest BCUT2D eigenvalue weighted by molar-refractivity contribution is 0.483. The Bertz CT molecular complexity index is 2380. The molecule has 3 aromatic heterocycles. The number of benzene rings is 5. The number of aromatic nitrogens is 3. The monoisotopic (exact) mass is 595 g/mol. The van der Waals surface area contributed by atoms with E-state index >= 15 is 0 Å². The third-order valence-electron chi connectivity index (χ3n) is 8.63. The number of para-hydroxylation sites is 3. The number of nitrogens with zero attached hydrogens (tertiary/aromatic N) is 5. The predicted octanol–water partition coefficient (Wildman–Crippen LogP) is 9.67. The minimum atomic E-state index is 0.738. The van der Waals surface area contributed by atoms with E-state index in [4.69, 9.17) is 9.72 Å². The molecule has 5 aromatic carbocycles. The van der Waals surface area contributed by atoms with Crippen LogP contribution in [0.1, 0.15) is 0 Å². The molecule has 0 unspecified atom stereocenters. The average Bonchev–Trinajstić information content (AvgIpc) is 3.83. The molecule has 0 atom stereocenters. The molecule has 0 amide bonds. The molecule has 4 heterocycles. The van der Waals surface area contributed by atoms with Crippen LogP contribution in [-0.2, 0) is 0 Å². The molecule has 46 heavy (non-hydrogen) atoms. The van der Waals surface area contributed by atoms with E-state index < -0.39 is 0 Å². The van der Waals surface area contributed by atoms with Crippen LogP contribution in [0.25, 0.3) is 44.3 Å². The Kier molecular flexibility index (Phi) is 6.09. The van der Waals surface area contributed by atoms with Gasteiger partial charge in [0.05, 0.1) is 28.7 Å². The quantitative estimate of drug-likeness (QED) is 0.192. The molecule has 0 radical (unpaired) electrons. The number of hydrogen-bond donors (Lipinski definition) is 0. The summed E-state index contributed by atoms with van der Waals surface area (Å²) in [6, 6.07) is 50.2. The molecule has 8 aromatic rings. The van der Waals surface area contributed by atoms with Crippen molar-refractivity contribution in [2.24, 2.45) is 0 Å². The van der Waals surface area contributed by atoms with Crippen LogP contribution in [0.4, 0.5) is 11.4 Å². The number of pyridine rings is 1. The van der Waals surface area contributed by atoms with Gasteiger partial charge in [-0.15, -0.1) is 0 Å². The van der Waals surface area contributed by atoms with Crippen LogP contribution < -0.4 is 14.5 Å². The van der Waals surface area contributed by atoms with Crippen molar-refractivity contribution in [1.29, 1.82) is 0 Å². The molecule has 0 saturated heterocycles. The first-order valence-electron chi connectivity index (χ1n) is 15.4. The molecule has 6 nitrogen and oxygen atoms in total. The Morgan fingerprint density at radius 2 is 1.13 bits per heavy atom. The second kappa shape index (κ2) is 10.7. The number of ether oxygens (including phenoxy) is 1. The van der Waals surface area contributed by atoms with Gasteiger partial charge in [-0.05, 0) is 66.7 Å². The first kappa shape index (κ1) is 26.2. The first-order chi connectivity index (χ1) is 22.8. The fraction of sp³-hybridized carbons (Fsp3) is 0.0250. The van der Waals surface area contributed by atoms with Crippen molar-refractivity contribution in [2.45, 2.75) is 0 Å². The van der Waals surface area contributed by atoms with Gasteiger partial charge in [-0.25, -0.2) is 4.98 Å². The van der Waals surface area contributed by atoms with Gasteiger partial charge in [-0.3, -0.25) is 4.57 Å². The molecule has 220 valence electrons. The standard InChI is InChI=1S/C40H29N5O/c1-3-12-29(13-4-1)42-24-25-43(28-42)31-16-11-17-32(26-31)46-33-21-22-35-37(27-33)45(38-20-9-10-23-41-38)40-34-18-7-8-19-36(34)44(39(35)40)30-14-5-2-6-15-30/h1-27H,28H2. The fourth-order valence-electron chi connectivity index (χ4n) is 6.58. The van der Waals surface area contributed by atoms with E-state index in [-0.39, 0.29) is 0 Å². The van der Waals surface area contributed by atoms with Crippen LogP contribution in [-0.4, -0.2) is 20.8 Å². The lowest BCUT2D eigenvalue weighted by Crippen LogP contribution is -2.24. The highest BCUT2D eigenvalue weighted by Gasteiger charge is 2.23. The maximum absolute atomic E-state index is 6.56. The van der Waals surface area contributed by atoms with Gasteiger partial charge in [-0.1, -0.05) is 66.7 Å². The summed E-state index contributed by atoms with van der Waals surface area (Å²) in [5, 5.41) is 2.30. The molecular formula is C40H29N5O. The zero-order valence-corrected chi connectivity index (χ0v) is 24.9. The van der Waals surface area contributed by atoms with Crippen LogP contribution in [0.3, 0.4) is 0 Å². The highest BCUT2D eigenvalue weighted by atomic mass is 16.5. The number of rotatable bonds is 6. The predicted molar refractivity (Wildman–Crippen MR) is 187 cm³/mol. The van der Waals surface area contributed by atoms with E-state index in [1.165, 1.54) is 11.1 Å². The van der Waals surface area contributed by atoms with Crippen molar-refractivity contribution in [1.82, 2.24) is 14.1 Å². The van der Waals surface area contributed by atoms with Crippen LogP contribution in [0.5, 0.6) is 11.5 Å². The highest BCUT2D eigenvalue weighted by molar-refractivity contribution is 6.20. The highest BCUT2D eigenvalue weighted by Crippen LogP contribution is 2.42. The minimum absolute atomic E-state index is 0.738. The van der Waals surface area contributed by atoms with Gasteiger partial charge < -0.3 is 19.1 Å². The molecule has 0 spiro atoms. The third-order valence-corrected chi connectivity index (χ3v) is 8.63. The Morgan fingerprint density at radius 1 is 0.478 bits per heavy atom. The maximum Gasteiger partial charge on any atom is 0.137 e. The summed E-state index contributed by atoms with van der Waals surface area (Å²) < 4.78 is 11.2. The van der Waals surface area contributed by atoms with Crippen LogP contribution in [0.2, 0.25) is 0 Å². The van der Waals surface area contributed by atoms with Crippen LogP contribution in [0.15, 0.2) is 164 Å². The maximum atomic E-state index is 6.56. The van der Waals surface area contributed by atoms with Crippen molar-refractivity contribution in [3.8, 4) is 23.0 Å². The normalized spacial score (nSPS) is 13.0. The molecule has 0 bridgehead atoms.